The van der Waals surface area contributed by atoms with Crippen molar-refractivity contribution < 1.29 is 10.2 Å². The Morgan fingerprint density at radius 3 is 1.10 bits per heavy atom. The zero-order valence-corrected chi connectivity index (χ0v) is 19.9. The fraction of sp³-hybridized carbons (Fsp3) is 0.333. The lowest BCUT2D eigenvalue weighted by molar-refractivity contribution is 0.471. The molecule has 0 fully saturated rings. The van der Waals surface area contributed by atoms with Crippen molar-refractivity contribution in [2.75, 3.05) is 0 Å². The smallest absolute Gasteiger partial charge is 0.118 e. The molecule has 0 saturated carbocycles. The molecule has 162 valence electrons. The van der Waals surface area contributed by atoms with E-state index in [1.54, 1.807) is 18.2 Å². The molecule has 0 aliphatic heterocycles. The van der Waals surface area contributed by atoms with Gasteiger partial charge in [-0.25, -0.2) is 0 Å². The molecular weight excluding hydrogens is 356 g/mol. The van der Waals surface area contributed by atoms with Crippen LogP contribution in [0.3, 0.4) is 0 Å². The van der Waals surface area contributed by atoms with Crippen LogP contribution in [0.1, 0.15) is 58.2 Å². The number of phenols is 2. The Bertz CT molecular complexity index is 632. The van der Waals surface area contributed by atoms with Gasteiger partial charge in [-0.3, -0.25) is 0 Å². The monoisotopic (exact) mass is 398 g/mol. The van der Waals surface area contributed by atoms with E-state index in [9.17, 15) is 0 Å². The van der Waals surface area contributed by atoms with Crippen molar-refractivity contribution in [3.05, 3.63) is 95.6 Å². The highest BCUT2D eigenvalue weighted by molar-refractivity contribution is 5.29. The Hall–Kier alpha value is -2.74. The maximum Gasteiger partial charge on any atom is 0.118 e. The van der Waals surface area contributed by atoms with Crippen LogP contribution in [0.5, 0.6) is 11.5 Å². The van der Waals surface area contributed by atoms with Gasteiger partial charge in [0.2, 0.25) is 0 Å². The number of rotatable bonds is 0. The van der Waals surface area contributed by atoms with Gasteiger partial charge in [0.1, 0.15) is 11.5 Å². The second-order valence-corrected chi connectivity index (χ2v) is 5.28. The lowest BCUT2D eigenvalue weighted by atomic mass is 10.2. The van der Waals surface area contributed by atoms with Gasteiger partial charge >= 0.3 is 0 Å². The van der Waals surface area contributed by atoms with Crippen LogP contribution in [0.15, 0.2) is 78.9 Å². The van der Waals surface area contributed by atoms with E-state index in [2.05, 4.69) is 19.1 Å². The van der Waals surface area contributed by atoms with Crippen LogP contribution in [-0.4, -0.2) is 10.2 Å². The van der Waals surface area contributed by atoms with Gasteiger partial charge in [-0.05, 0) is 44.5 Å². The normalized spacial score (nSPS) is 7.76. The Morgan fingerprint density at radius 2 is 0.828 bits per heavy atom. The molecule has 0 spiro atoms. The predicted molar refractivity (Wildman–Crippen MR) is 131 cm³/mol. The van der Waals surface area contributed by atoms with Gasteiger partial charge in [0.05, 0.1) is 0 Å². The molecule has 0 atom stereocenters. The number of aromatic hydroxyl groups is 2. The second kappa shape index (κ2) is 23.3. The van der Waals surface area contributed by atoms with Crippen molar-refractivity contribution in [1.82, 2.24) is 0 Å². The summed E-state index contributed by atoms with van der Waals surface area (Å²) in [6.07, 6.45) is 0. The zero-order chi connectivity index (χ0) is 23.1. The van der Waals surface area contributed by atoms with Gasteiger partial charge in [-0.15, -0.1) is 0 Å². The summed E-state index contributed by atoms with van der Waals surface area (Å²) in [4.78, 5) is 0. The number of para-hydroxylation sites is 1. The van der Waals surface area contributed by atoms with Gasteiger partial charge < -0.3 is 10.2 Å². The minimum absolute atomic E-state index is 0.329. The minimum Gasteiger partial charge on any atom is -0.508 e. The van der Waals surface area contributed by atoms with E-state index in [4.69, 9.17) is 10.2 Å². The van der Waals surface area contributed by atoms with Crippen molar-refractivity contribution in [3.8, 4) is 11.5 Å². The fourth-order valence-corrected chi connectivity index (χ4v) is 1.64. The number of benzene rings is 3. The number of phenolic OH excluding ortho intramolecular Hbond substituents is 2. The molecule has 0 aromatic heterocycles. The number of hydrogen-bond acceptors (Lipinski definition) is 2. The molecule has 29 heavy (non-hydrogen) atoms. The van der Waals surface area contributed by atoms with Gasteiger partial charge in [-0.1, -0.05) is 113 Å². The Kier molecular flexibility index (Phi) is 24.9. The van der Waals surface area contributed by atoms with E-state index in [1.165, 1.54) is 11.1 Å². The lowest BCUT2D eigenvalue weighted by Crippen LogP contribution is -1.68. The number of aryl methyl sites for hydroxylation is 3. The maximum absolute atomic E-state index is 8.92. The SMILES string of the molecule is CC.CC.CC.Cc1ccc(O)cc1.Cc1ccccc1.Cc1ccccc1O. The Balaban J connectivity index is -0.000000310. The van der Waals surface area contributed by atoms with Crippen LogP contribution in [0.25, 0.3) is 0 Å². The molecule has 0 heterocycles. The van der Waals surface area contributed by atoms with Crippen LogP contribution >= 0.6 is 0 Å². The highest BCUT2D eigenvalue weighted by Gasteiger charge is 1.87. The predicted octanol–water partition coefficient (Wildman–Crippen LogP) is 8.47. The molecule has 0 unspecified atom stereocenters. The summed E-state index contributed by atoms with van der Waals surface area (Å²) in [6.45, 7) is 17.9. The highest BCUT2D eigenvalue weighted by atomic mass is 16.3. The van der Waals surface area contributed by atoms with E-state index in [0.29, 0.717) is 11.5 Å². The third-order valence-electron chi connectivity index (χ3n) is 3.09. The van der Waals surface area contributed by atoms with Crippen LogP contribution in [0, 0.1) is 20.8 Å². The summed E-state index contributed by atoms with van der Waals surface area (Å²) >= 11 is 0. The van der Waals surface area contributed by atoms with Crippen molar-refractivity contribution in [2.45, 2.75) is 62.3 Å². The van der Waals surface area contributed by atoms with Crippen LogP contribution in [0.4, 0.5) is 0 Å². The largest absolute Gasteiger partial charge is 0.508 e. The fourth-order valence-electron chi connectivity index (χ4n) is 1.64. The average molecular weight is 399 g/mol. The Labute approximate surface area is 179 Å². The van der Waals surface area contributed by atoms with Crippen molar-refractivity contribution in [2.24, 2.45) is 0 Å². The molecule has 3 aromatic rings. The first-order chi connectivity index (χ1) is 14.0. The summed E-state index contributed by atoms with van der Waals surface area (Å²) in [7, 11) is 0. The maximum atomic E-state index is 8.92. The van der Waals surface area contributed by atoms with Crippen LogP contribution in [0.2, 0.25) is 0 Å². The van der Waals surface area contributed by atoms with E-state index < -0.39 is 0 Å². The summed E-state index contributed by atoms with van der Waals surface area (Å²) in [5, 5.41) is 17.7. The van der Waals surface area contributed by atoms with E-state index in [0.717, 1.165) is 5.56 Å². The summed E-state index contributed by atoms with van der Waals surface area (Å²) in [6, 6.07) is 24.6. The van der Waals surface area contributed by atoms with E-state index >= 15 is 0 Å². The number of hydrogen-bond donors (Lipinski definition) is 2. The lowest BCUT2D eigenvalue weighted by Gasteiger charge is -1.92. The first kappa shape index (κ1) is 31.0. The van der Waals surface area contributed by atoms with Crippen LogP contribution in [-0.2, 0) is 0 Å². The van der Waals surface area contributed by atoms with E-state index in [1.807, 2.05) is 104 Å². The summed E-state index contributed by atoms with van der Waals surface area (Å²) in [5.41, 5.74) is 3.41. The molecule has 0 aliphatic rings. The molecule has 0 aliphatic carbocycles. The third-order valence-corrected chi connectivity index (χ3v) is 3.09. The third kappa shape index (κ3) is 19.8. The molecule has 0 radical (unpaired) electrons. The molecule has 0 amide bonds. The Morgan fingerprint density at radius 1 is 0.448 bits per heavy atom. The van der Waals surface area contributed by atoms with Crippen molar-refractivity contribution in [1.29, 1.82) is 0 Å². The average Bonchev–Trinajstić information content (AvgIpc) is 2.78. The van der Waals surface area contributed by atoms with Gasteiger partial charge in [0.15, 0.2) is 0 Å². The molecule has 0 bridgehead atoms. The molecule has 0 saturated heterocycles. The zero-order valence-electron chi connectivity index (χ0n) is 19.9. The minimum atomic E-state index is 0.329. The quantitative estimate of drug-likeness (QED) is 0.398. The standard InChI is InChI=1S/2C7H8O.C7H8.3C2H6/c1-6-2-4-7(8)5-3-6;1-6-4-2-3-5-7(6)8;1-7-5-3-2-4-6-7;3*1-2/h2*2-5,8H,1H3;2-6H,1H3;3*1-2H3. The molecule has 3 rings (SSSR count). The van der Waals surface area contributed by atoms with Gasteiger partial charge in [0.25, 0.3) is 0 Å². The topological polar surface area (TPSA) is 40.5 Å². The molecule has 2 nitrogen and oxygen atoms in total. The molecule has 2 heteroatoms. The highest BCUT2D eigenvalue weighted by Crippen LogP contribution is 2.12. The van der Waals surface area contributed by atoms with Gasteiger partial charge in [0, 0.05) is 0 Å². The summed E-state index contributed by atoms with van der Waals surface area (Å²) < 4.78 is 0. The molecule has 3 aromatic carbocycles. The van der Waals surface area contributed by atoms with E-state index in [-0.39, 0.29) is 0 Å². The first-order valence-electron chi connectivity index (χ1n) is 10.5. The van der Waals surface area contributed by atoms with Crippen molar-refractivity contribution in [3.63, 3.8) is 0 Å². The first-order valence-corrected chi connectivity index (χ1v) is 10.5. The van der Waals surface area contributed by atoms with Gasteiger partial charge in [-0.2, -0.15) is 0 Å². The molecule has 2 N–H and O–H groups in total. The summed E-state index contributed by atoms with van der Waals surface area (Å²) in [5.74, 6) is 0.697. The van der Waals surface area contributed by atoms with Crippen molar-refractivity contribution >= 4 is 0 Å². The second-order valence-electron chi connectivity index (χ2n) is 5.28. The van der Waals surface area contributed by atoms with Crippen LogP contribution < -0.4 is 0 Å². The molecular formula is C27H42O2.